The SMILES string of the molecule is CCC(C)N(C)CCNC(=O)c1cccc(N)c1O. The maximum Gasteiger partial charge on any atom is 0.255 e. The molecule has 0 radical (unpaired) electrons. The van der Waals surface area contributed by atoms with Crippen molar-refractivity contribution in [3.8, 4) is 5.75 Å². The van der Waals surface area contributed by atoms with E-state index in [-0.39, 0.29) is 22.9 Å². The predicted octanol–water partition coefficient (Wildman–Crippen LogP) is 1.43. The second-order valence-electron chi connectivity index (χ2n) is 4.74. The van der Waals surface area contributed by atoms with Crippen molar-refractivity contribution < 1.29 is 9.90 Å². The highest BCUT2D eigenvalue weighted by Gasteiger charge is 2.13. The highest BCUT2D eigenvalue weighted by atomic mass is 16.3. The van der Waals surface area contributed by atoms with Crippen LogP contribution in [0.3, 0.4) is 0 Å². The van der Waals surface area contributed by atoms with Crippen LogP contribution < -0.4 is 11.1 Å². The third kappa shape index (κ3) is 4.13. The Morgan fingerprint density at radius 3 is 2.84 bits per heavy atom. The molecule has 0 aliphatic carbocycles. The lowest BCUT2D eigenvalue weighted by Crippen LogP contribution is -2.37. The molecule has 0 aliphatic rings. The summed E-state index contributed by atoms with van der Waals surface area (Å²) in [5, 5.41) is 12.5. The van der Waals surface area contributed by atoms with Gasteiger partial charge in [0, 0.05) is 19.1 Å². The molecule has 0 saturated carbocycles. The van der Waals surface area contributed by atoms with Crippen LogP contribution in [-0.4, -0.2) is 42.1 Å². The average Bonchev–Trinajstić information content (AvgIpc) is 2.40. The Hall–Kier alpha value is -1.75. The fourth-order valence-electron chi connectivity index (χ4n) is 1.72. The van der Waals surface area contributed by atoms with E-state index >= 15 is 0 Å². The topological polar surface area (TPSA) is 78.6 Å². The Bertz CT molecular complexity index is 435. The van der Waals surface area contributed by atoms with Crippen molar-refractivity contribution in [1.82, 2.24) is 10.2 Å². The number of anilines is 1. The van der Waals surface area contributed by atoms with E-state index in [0.717, 1.165) is 13.0 Å². The molecule has 0 spiro atoms. The number of phenolic OH excluding ortho intramolecular Hbond substituents is 1. The first kappa shape index (κ1) is 15.3. The number of para-hydroxylation sites is 1. The van der Waals surface area contributed by atoms with Crippen molar-refractivity contribution in [3.63, 3.8) is 0 Å². The van der Waals surface area contributed by atoms with Gasteiger partial charge in [-0.1, -0.05) is 13.0 Å². The van der Waals surface area contributed by atoms with Crippen LogP contribution in [0.2, 0.25) is 0 Å². The van der Waals surface area contributed by atoms with Gasteiger partial charge in [0.25, 0.3) is 5.91 Å². The number of amides is 1. The molecule has 1 amide bonds. The minimum absolute atomic E-state index is 0.157. The van der Waals surface area contributed by atoms with Gasteiger partial charge in [-0.15, -0.1) is 0 Å². The number of phenols is 1. The van der Waals surface area contributed by atoms with Crippen molar-refractivity contribution in [2.24, 2.45) is 0 Å². The summed E-state index contributed by atoms with van der Waals surface area (Å²) in [5.41, 5.74) is 5.98. The number of hydrogen-bond acceptors (Lipinski definition) is 4. The number of hydrogen-bond donors (Lipinski definition) is 3. The summed E-state index contributed by atoms with van der Waals surface area (Å²) in [7, 11) is 2.03. The summed E-state index contributed by atoms with van der Waals surface area (Å²) in [4.78, 5) is 14.1. The first-order valence-corrected chi connectivity index (χ1v) is 6.53. The van der Waals surface area contributed by atoms with Crippen molar-refractivity contribution in [1.29, 1.82) is 0 Å². The van der Waals surface area contributed by atoms with E-state index in [4.69, 9.17) is 5.73 Å². The summed E-state index contributed by atoms with van der Waals surface area (Å²) in [5.74, 6) is -0.461. The smallest absolute Gasteiger partial charge is 0.255 e. The normalized spacial score (nSPS) is 12.4. The Balaban J connectivity index is 2.50. The summed E-state index contributed by atoms with van der Waals surface area (Å²) < 4.78 is 0. The quantitative estimate of drug-likeness (QED) is 0.537. The molecule has 1 atom stereocenters. The number of nitrogens with one attached hydrogen (secondary N) is 1. The highest BCUT2D eigenvalue weighted by molar-refractivity contribution is 5.98. The van der Waals surface area contributed by atoms with E-state index in [0.29, 0.717) is 12.6 Å². The molecule has 1 unspecified atom stereocenters. The molecule has 0 saturated heterocycles. The van der Waals surface area contributed by atoms with Crippen LogP contribution in [-0.2, 0) is 0 Å². The summed E-state index contributed by atoms with van der Waals surface area (Å²) in [6.07, 6.45) is 1.07. The maximum atomic E-state index is 11.9. The lowest BCUT2D eigenvalue weighted by atomic mass is 10.1. The zero-order chi connectivity index (χ0) is 14.4. The molecule has 5 nitrogen and oxygen atoms in total. The zero-order valence-corrected chi connectivity index (χ0v) is 11.8. The van der Waals surface area contributed by atoms with Gasteiger partial charge in [-0.2, -0.15) is 0 Å². The van der Waals surface area contributed by atoms with E-state index < -0.39 is 0 Å². The second-order valence-corrected chi connectivity index (χ2v) is 4.74. The van der Waals surface area contributed by atoms with Crippen molar-refractivity contribution >= 4 is 11.6 Å². The van der Waals surface area contributed by atoms with Gasteiger partial charge >= 0.3 is 0 Å². The summed E-state index contributed by atoms with van der Waals surface area (Å²) >= 11 is 0. The highest BCUT2D eigenvalue weighted by Crippen LogP contribution is 2.23. The number of aromatic hydroxyl groups is 1. The Morgan fingerprint density at radius 2 is 2.21 bits per heavy atom. The third-order valence-corrected chi connectivity index (χ3v) is 3.41. The lowest BCUT2D eigenvalue weighted by molar-refractivity contribution is 0.0945. The van der Waals surface area contributed by atoms with E-state index in [9.17, 15) is 9.90 Å². The van der Waals surface area contributed by atoms with Gasteiger partial charge < -0.3 is 21.1 Å². The minimum Gasteiger partial charge on any atom is -0.505 e. The van der Waals surface area contributed by atoms with Crippen molar-refractivity contribution in [2.45, 2.75) is 26.3 Å². The number of carbonyl (C=O) groups excluding carboxylic acids is 1. The van der Waals surface area contributed by atoms with Crippen LogP contribution in [0.25, 0.3) is 0 Å². The lowest BCUT2D eigenvalue weighted by Gasteiger charge is -2.23. The van der Waals surface area contributed by atoms with Crippen LogP contribution in [0.15, 0.2) is 18.2 Å². The Labute approximate surface area is 114 Å². The second kappa shape index (κ2) is 6.99. The molecule has 1 aromatic rings. The number of carbonyl (C=O) groups is 1. The molecular formula is C14H23N3O2. The fraction of sp³-hybridized carbons (Fsp3) is 0.500. The van der Waals surface area contributed by atoms with Gasteiger partial charge in [-0.3, -0.25) is 4.79 Å². The monoisotopic (exact) mass is 265 g/mol. The number of nitrogens with zero attached hydrogens (tertiary/aromatic N) is 1. The molecule has 0 fully saturated rings. The van der Waals surface area contributed by atoms with Gasteiger partial charge in [0.15, 0.2) is 5.75 Å². The minimum atomic E-state index is -0.303. The predicted molar refractivity (Wildman–Crippen MR) is 77.2 cm³/mol. The molecule has 19 heavy (non-hydrogen) atoms. The number of rotatable bonds is 6. The van der Waals surface area contributed by atoms with E-state index in [1.165, 1.54) is 0 Å². The van der Waals surface area contributed by atoms with Gasteiger partial charge in [-0.25, -0.2) is 0 Å². The van der Waals surface area contributed by atoms with Gasteiger partial charge in [0.1, 0.15) is 0 Å². The van der Waals surface area contributed by atoms with E-state index in [1.807, 2.05) is 7.05 Å². The molecular weight excluding hydrogens is 242 g/mol. The molecule has 0 bridgehead atoms. The van der Waals surface area contributed by atoms with Crippen LogP contribution in [0, 0.1) is 0 Å². The largest absolute Gasteiger partial charge is 0.505 e. The number of benzene rings is 1. The average molecular weight is 265 g/mol. The third-order valence-electron chi connectivity index (χ3n) is 3.41. The van der Waals surface area contributed by atoms with Crippen LogP contribution >= 0.6 is 0 Å². The standard InChI is InChI=1S/C14H23N3O2/c1-4-10(2)17(3)9-8-16-14(19)11-6-5-7-12(15)13(11)18/h5-7,10,18H,4,8-9,15H2,1-3H3,(H,16,19). The molecule has 0 aromatic heterocycles. The number of nitrogens with two attached hydrogens (primary N) is 1. The maximum absolute atomic E-state index is 11.9. The Morgan fingerprint density at radius 1 is 1.53 bits per heavy atom. The van der Waals surface area contributed by atoms with Crippen LogP contribution in [0.4, 0.5) is 5.69 Å². The van der Waals surface area contributed by atoms with Gasteiger partial charge in [0.05, 0.1) is 11.3 Å². The van der Waals surface area contributed by atoms with Crippen molar-refractivity contribution in [3.05, 3.63) is 23.8 Å². The van der Waals surface area contributed by atoms with Gasteiger partial charge in [0.2, 0.25) is 0 Å². The first-order chi connectivity index (χ1) is 8.97. The molecule has 106 valence electrons. The van der Waals surface area contributed by atoms with Crippen LogP contribution in [0.5, 0.6) is 5.75 Å². The van der Waals surface area contributed by atoms with E-state index in [1.54, 1.807) is 18.2 Å². The van der Waals surface area contributed by atoms with Crippen LogP contribution in [0.1, 0.15) is 30.6 Å². The van der Waals surface area contributed by atoms with E-state index in [2.05, 4.69) is 24.1 Å². The molecule has 1 aromatic carbocycles. The Kier molecular flexibility index (Phi) is 5.63. The molecule has 4 N–H and O–H groups in total. The molecule has 0 heterocycles. The molecule has 0 aliphatic heterocycles. The summed E-state index contributed by atoms with van der Waals surface area (Å²) in [6, 6.07) is 5.25. The van der Waals surface area contributed by atoms with Gasteiger partial charge in [-0.05, 0) is 32.5 Å². The zero-order valence-electron chi connectivity index (χ0n) is 11.8. The number of likely N-dealkylation sites (N-methyl/N-ethyl adjacent to an activating group) is 1. The number of nitrogen functional groups attached to an aromatic ring is 1. The first-order valence-electron chi connectivity index (χ1n) is 6.53. The van der Waals surface area contributed by atoms with Crippen molar-refractivity contribution in [2.75, 3.05) is 25.9 Å². The summed E-state index contributed by atoms with van der Waals surface area (Å²) in [6.45, 7) is 5.58. The molecule has 1 rings (SSSR count). The molecule has 5 heteroatoms. The fourth-order valence-corrected chi connectivity index (χ4v) is 1.72.